The van der Waals surface area contributed by atoms with E-state index in [0.717, 1.165) is 0 Å². The van der Waals surface area contributed by atoms with E-state index in [2.05, 4.69) is 5.32 Å². The molecule has 2 unspecified atom stereocenters. The van der Waals surface area contributed by atoms with Gasteiger partial charge in [0, 0.05) is 25.7 Å². The fraction of sp³-hybridized carbons (Fsp3) is 1.00. The second-order valence-corrected chi connectivity index (χ2v) is 12.0. The highest BCUT2D eigenvalue weighted by atomic mass is 16.7. The minimum atomic E-state index is -1.48. The molecule has 0 aromatic carbocycles. The van der Waals surface area contributed by atoms with Crippen molar-refractivity contribution in [1.82, 2.24) is 5.32 Å². The quantitative estimate of drug-likeness (QED) is 0.0803. The van der Waals surface area contributed by atoms with Crippen molar-refractivity contribution in [2.45, 2.75) is 124 Å². The molecule has 0 radical (unpaired) electrons. The molecule has 43 heavy (non-hydrogen) atoms. The normalized spacial score (nSPS) is 43.8. The summed E-state index contributed by atoms with van der Waals surface area (Å²) in [5.41, 5.74) is 29.7. The van der Waals surface area contributed by atoms with Crippen molar-refractivity contribution in [3.63, 3.8) is 0 Å². The van der Waals surface area contributed by atoms with Crippen molar-refractivity contribution in [2.24, 2.45) is 34.6 Å². The number of aliphatic hydroxyl groups is 7. The zero-order valence-electron chi connectivity index (χ0n) is 24.5. The van der Waals surface area contributed by atoms with Crippen LogP contribution >= 0.6 is 0 Å². The third-order valence-corrected chi connectivity index (χ3v) is 8.62. The van der Waals surface area contributed by atoms with Gasteiger partial charge in [0.15, 0.2) is 12.6 Å². The van der Waals surface area contributed by atoms with Crippen LogP contribution in [0.2, 0.25) is 0 Å². The standard InChI is InChI=1S/C26H54N6O11/c27-4-3-13(35)8-32-9-17-16(36)6-15(30)25(40-17)43-24-14(29)5-11(1-2-12(34)7-28)23(22(24)39)42-26-21(38)19(31)20(37)18(10-33)41-26/h11-26,32-39H,1-10,27-31H2/t11-,12?,13?,14+,15-,16+,17-,18-,19+,20-,21-,22-,23+,24-,25-,26-/m1/s1. The van der Waals surface area contributed by atoms with E-state index in [4.69, 9.17) is 47.6 Å². The predicted molar refractivity (Wildman–Crippen MR) is 152 cm³/mol. The van der Waals surface area contributed by atoms with Crippen molar-refractivity contribution in [2.75, 3.05) is 32.8 Å². The molecule has 3 aliphatic rings. The molecule has 3 rings (SSSR count). The van der Waals surface area contributed by atoms with E-state index in [9.17, 15) is 35.7 Å². The van der Waals surface area contributed by atoms with Crippen molar-refractivity contribution < 1.29 is 54.7 Å². The van der Waals surface area contributed by atoms with Gasteiger partial charge in [0.1, 0.15) is 30.5 Å². The van der Waals surface area contributed by atoms with Crippen molar-refractivity contribution in [1.29, 1.82) is 0 Å². The van der Waals surface area contributed by atoms with E-state index in [1.807, 2.05) is 0 Å². The second-order valence-electron chi connectivity index (χ2n) is 12.0. The van der Waals surface area contributed by atoms with Crippen molar-refractivity contribution in [3.8, 4) is 0 Å². The highest BCUT2D eigenvalue weighted by molar-refractivity contribution is 4.99. The van der Waals surface area contributed by atoms with Crippen LogP contribution < -0.4 is 34.0 Å². The number of hydrogen-bond donors (Lipinski definition) is 13. The maximum atomic E-state index is 11.6. The van der Waals surface area contributed by atoms with Crippen LogP contribution in [0.1, 0.15) is 32.1 Å². The third kappa shape index (κ3) is 9.66. The van der Waals surface area contributed by atoms with Gasteiger partial charge in [-0.15, -0.1) is 0 Å². The topological polar surface area (TPSA) is 321 Å². The Morgan fingerprint density at radius 1 is 0.791 bits per heavy atom. The van der Waals surface area contributed by atoms with Gasteiger partial charge in [-0.3, -0.25) is 0 Å². The van der Waals surface area contributed by atoms with Crippen LogP contribution in [0.25, 0.3) is 0 Å². The van der Waals surface area contributed by atoms with Crippen LogP contribution in [-0.4, -0.2) is 160 Å². The van der Waals surface area contributed by atoms with E-state index in [1.165, 1.54) is 0 Å². The number of aliphatic hydroxyl groups excluding tert-OH is 7. The van der Waals surface area contributed by atoms with Crippen LogP contribution in [0.15, 0.2) is 0 Å². The molecule has 16 atom stereocenters. The molecule has 17 heteroatoms. The smallest absolute Gasteiger partial charge is 0.186 e. The third-order valence-electron chi connectivity index (χ3n) is 8.62. The molecule has 18 N–H and O–H groups in total. The first-order valence-corrected chi connectivity index (χ1v) is 15.1. The van der Waals surface area contributed by atoms with Crippen LogP contribution in [0.3, 0.4) is 0 Å². The zero-order chi connectivity index (χ0) is 31.8. The predicted octanol–water partition coefficient (Wildman–Crippen LogP) is -6.57. The molecule has 0 bridgehead atoms. The molecule has 3 fully saturated rings. The molecule has 17 nitrogen and oxygen atoms in total. The summed E-state index contributed by atoms with van der Waals surface area (Å²) >= 11 is 0. The van der Waals surface area contributed by atoms with Crippen LogP contribution in [0.4, 0.5) is 0 Å². The Kier molecular flexibility index (Phi) is 14.8. The van der Waals surface area contributed by atoms with Crippen LogP contribution in [0.5, 0.6) is 0 Å². The van der Waals surface area contributed by atoms with E-state index >= 15 is 0 Å². The molecule has 1 saturated carbocycles. The summed E-state index contributed by atoms with van der Waals surface area (Å²) in [6, 6.07) is -2.66. The summed E-state index contributed by atoms with van der Waals surface area (Å²) in [6.07, 6.45) is -11.5. The monoisotopic (exact) mass is 626 g/mol. The molecular weight excluding hydrogens is 572 g/mol. The van der Waals surface area contributed by atoms with Gasteiger partial charge in [-0.2, -0.15) is 0 Å². The molecule has 2 aliphatic heterocycles. The Bertz CT molecular complexity index is 809. The molecule has 0 aromatic rings. The SMILES string of the molecule is NCCC(O)CNC[C@H]1O[C@H](O[C@H]2[C@H](O)[C@@H](O[C@H]3O[C@H](CO)[C@@H](O)[C@H](N)[C@H]3O)[C@H](CCC(O)CN)C[C@@H]2N)[C@H](N)C[C@@H]1O. The molecular formula is C26H54N6O11. The lowest BCUT2D eigenvalue weighted by Gasteiger charge is -2.48. The number of ether oxygens (including phenoxy) is 4. The number of nitrogens with one attached hydrogen (secondary N) is 1. The van der Waals surface area contributed by atoms with Crippen molar-refractivity contribution >= 4 is 0 Å². The van der Waals surface area contributed by atoms with Crippen molar-refractivity contribution in [3.05, 3.63) is 0 Å². The Labute approximate surface area is 251 Å². The van der Waals surface area contributed by atoms with Gasteiger partial charge in [-0.05, 0) is 44.6 Å². The molecule has 2 heterocycles. The summed E-state index contributed by atoms with van der Waals surface area (Å²) in [5.74, 6) is -0.433. The Morgan fingerprint density at radius 2 is 1.47 bits per heavy atom. The highest BCUT2D eigenvalue weighted by Crippen LogP contribution is 2.36. The van der Waals surface area contributed by atoms with Gasteiger partial charge in [0.2, 0.25) is 0 Å². The summed E-state index contributed by atoms with van der Waals surface area (Å²) in [4.78, 5) is 0. The lowest BCUT2D eigenvalue weighted by molar-refractivity contribution is -0.320. The molecule has 254 valence electrons. The second kappa shape index (κ2) is 17.3. The zero-order valence-corrected chi connectivity index (χ0v) is 24.5. The Morgan fingerprint density at radius 3 is 2.12 bits per heavy atom. The first kappa shape index (κ1) is 36.8. The molecule has 1 aliphatic carbocycles. The summed E-state index contributed by atoms with van der Waals surface area (Å²) in [7, 11) is 0. The lowest BCUT2D eigenvalue weighted by atomic mass is 9.77. The average Bonchev–Trinajstić information content (AvgIpc) is 2.97. The van der Waals surface area contributed by atoms with Gasteiger partial charge < -0.3 is 88.7 Å². The van der Waals surface area contributed by atoms with Gasteiger partial charge in [-0.25, -0.2) is 0 Å². The maximum Gasteiger partial charge on any atom is 0.186 e. The van der Waals surface area contributed by atoms with E-state index < -0.39 is 104 Å². The van der Waals surface area contributed by atoms with Gasteiger partial charge in [-0.1, -0.05) is 0 Å². The Balaban J connectivity index is 1.73. The maximum absolute atomic E-state index is 11.6. The van der Waals surface area contributed by atoms with E-state index in [1.54, 1.807) is 0 Å². The largest absolute Gasteiger partial charge is 0.394 e. The molecule has 0 aromatic heterocycles. The summed E-state index contributed by atoms with van der Waals surface area (Å²) < 4.78 is 23.8. The number of nitrogens with two attached hydrogens (primary N) is 5. The summed E-state index contributed by atoms with van der Waals surface area (Å²) in [5, 5.41) is 75.6. The van der Waals surface area contributed by atoms with Crippen LogP contribution in [-0.2, 0) is 18.9 Å². The highest BCUT2D eigenvalue weighted by Gasteiger charge is 2.50. The lowest BCUT2D eigenvalue weighted by Crippen LogP contribution is -2.66. The van der Waals surface area contributed by atoms with E-state index in [-0.39, 0.29) is 32.5 Å². The molecule has 0 spiro atoms. The van der Waals surface area contributed by atoms with Gasteiger partial charge in [0.05, 0.1) is 49.2 Å². The minimum absolute atomic E-state index is 0.0404. The minimum Gasteiger partial charge on any atom is -0.394 e. The van der Waals surface area contributed by atoms with E-state index in [0.29, 0.717) is 25.8 Å². The van der Waals surface area contributed by atoms with Gasteiger partial charge >= 0.3 is 0 Å². The fourth-order valence-corrected chi connectivity index (χ4v) is 5.96. The molecule has 0 amide bonds. The first-order valence-electron chi connectivity index (χ1n) is 15.1. The number of rotatable bonds is 15. The summed E-state index contributed by atoms with van der Waals surface area (Å²) in [6.45, 7) is 0.240. The average molecular weight is 627 g/mol. The number of hydrogen-bond acceptors (Lipinski definition) is 17. The first-order chi connectivity index (χ1) is 20.4. The fourth-order valence-electron chi connectivity index (χ4n) is 5.96. The van der Waals surface area contributed by atoms with Crippen LogP contribution in [0, 0.1) is 5.92 Å². The molecule has 2 saturated heterocycles. The van der Waals surface area contributed by atoms with Gasteiger partial charge in [0.25, 0.3) is 0 Å². The Hall–Kier alpha value is -0.680.